The number of aromatic hydroxyl groups is 1. The molecule has 8 heteroatoms. The van der Waals surface area contributed by atoms with Crippen LogP contribution in [0.15, 0.2) is 27.5 Å². The number of methoxy groups -OCH3 is 1. The van der Waals surface area contributed by atoms with Crippen LogP contribution in [0.2, 0.25) is 0 Å². The molecule has 1 heterocycles. The van der Waals surface area contributed by atoms with Gasteiger partial charge >= 0.3 is 5.97 Å². The third-order valence-electron chi connectivity index (χ3n) is 2.54. The minimum absolute atomic E-state index is 0.153. The smallest absolute Gasteiger partial charge is 0.362 e. The largest absolute Gasteiger partial charge is 0.505 e. The van der Waals surface area contributed by atoms with Gasteiger partial charge in [0.1, 0.15) is 5.82 Å². The van der Waals surface area contributed by atoms with E-state index in [1.54, 1.807) is 0 Å². The van der Waals surface area contributed by atoms with Gasteiger partial charge in [0.2, 0.25) is 5.69 Å². The van der Waals surface area contributed by atoms with E-state index in [4.69, 9.17) is 0 Å². The molecule has 1 aromatic carbocycles. The van der Waals surface area contributed by atoms with E-state index in [-0.39, 0.29) is 11.1 Å². The molecule has 0 aliphatic carbocycles. The van der Waals surface area contributed by atoms with Gasteiger partial charge in [-0.05, 0) is 18.2 Å². The molecule has 0 spiro atoms. The molecule has 0 radical (unpaired) electrons. The lowest BCUT2D eigenvalue weighted by Crippen LogP contribution is -2.17. The molecule has 0 atom stereocenters. The summed E-state index contributed by atoms with van der Waals surface area (Å²) in [5, 5.41) is 15.4. The summed E-state index contributed by atoms with van der Waals surface area (Å²) in [7, 11) is 1.09. The number of aromatic nitrogens is 2. The van der Waals surface area contributed by atoms with E-state index in [9.17, 15) is 19.1 Å². The summed E-state index contributed by atoms with van der Waals surface area (Å²) in [4.78, 5) is 23.1. The Balaban J connectivity index is 2.73. The second kappa shape index (κ2) is 5.41. The maximum Gasteiger partial charge on any atom is 0.362 e. The van der Waals surface area contributed by atoms with Crippen molar-refractivity contribution in [2.45, 2.75) is 0 Å². The lowest BCUT2D eigenvalue weighted by atomic mass is 10.1. The summed E-state index contributed by atoms with van der Waals surface area (Å²) < 4.78 is 18.8. The maximum absolute atomic E-state index is 13.9. The predicted octanol–water partition coefficient (Wildman–Crippen LogP) is 1.83. The summed E-state index contributed by atoms with van der Waals surface area (Å²) in [5.74, 6) is -2.42. The van der Waals surface area contributed by atoms with E-state index in [0.717, 1.165) is 13.2 Å². The van der Waals surface area contributed by atoms with Crippen molar-refractivity contribution in [3.8, 4) is 16.9 Å². The Bertz CT molecular complexity index is 745. The van der Waals surface area contributed by atoms with E-state index in [1.165, 1.54) is 12.1 Å². The number of ether oxygens (including phenoxy) is 1. The average Bonchev–Trinajstić information content (AvgIpc) is 2.40. The Hall–Kier alpha value is -2.22. The lowest BCUT2D eigenvalue weighted by molar-refractivity contribution is 0.0589. The van der Waals surface area contributed by atoms with Gasteiger partial charge in [0.05, 0.1) is 12.7 Å². The predicted molar refractivity (Wildman–Crippen MR) is 71.0 cm³/mol. The number of carbonyl (C=O) groups excluding carboxylic acids is 1. The third-order valence-corrected chi connectivity index (χ3v) is 3.03. The molecule has 2 aromatic rings. The van der Waals surface area contributed by atoms with E-state index in [2.05, 4.69) is 25.8 Å². The van der Waals surface area contributed by atoms with Crippen molar-refractivity contribution in [1.82, 2.24) is 10.2 Å². The fourth-order valence-corrected chi connectivity index (χ4v) is 1.96. The molecule has 0 fully saturated rings. The summed E-state index contributed by atoms with van der Waals surface area (Å²) in [6.45, 7) is 0. The van der Waals surface area contributed by atoms with Crippen molar-refractivity contribution in [2.24, 2.45) is 0 Å². The molecule has 1 aromatic heterocycles. The zero-order valence-electron chi connectivity index (χ0n) is 10.1. The van der Waals surface area contributed by atoms with Crippen molar-refractivity contribution < 1.29 is 19.0 Å². The summed E-state index contributed by atoms with van der Waals surface area (Å²) >= 11 is 3.08. The number of halogens is 2. The molecule has 2 rings (SSSR count). The van der Waals surface area contributed by atoms with Crippen molar-refractivity contribution in [2.75, 3.05) is 7.11 Å². The molecule has 0 aliphatic heterocycles. The fourth-order valence-electron chi connectivity index (χ4n) is 1.62. The Labute approximate surface area is 120 Å². The minimum Gasteiger partial charge on any atom is -0.505 e. The van der Waals surface area contributed by atoms with Crippen LogP contribution < -0.4 is 5.56 Å². The number of aromatic amines is 1. The number of benzene rings is 1. The van der Waals surface area contributed by atoms with Crippen LogP contribution in [0.5, 0.6) is 5.75 Å². The first-order valence-corrected chi connectivity index (χ1v) is 6.10. The van der Waals surface area contributed by atoms with Crippen molar-refractivity contribution >= 4 is 21.9 Å². The Kier molecular flexibility index (Phi) is 3.84. The summed E-state index contributed by atoms with van der Waals surface area (Å²) in [5.41, 5.74) is -1.86. The van der Waals surface area contributed by atoms with Crippen LogP contribution in [-0.4, -0.2) is 28.4 Å². The molecular weight excluding hydrogens is 335 g/mol. The molecule has 20 heavy (non-hydrogen) atoms. The molecular formula is C12H8BrFN2O4. The van der Waals surface area contributed by atoms with Crippen molar-refractivity contribution in [3.05, 3.63) is 44.5 Å². The molecule has 2 N–H and O–H groups in total. The monoisotopic (exact) mass is 342 g/mol. The second-order valence-electron chi connectivity index (χ2n) is 3.74. The van der Waals surface area contributed by atoms with Gasteiger partial charge in [-0.15, -0.1) is 0 Å². The highest BCUT2D eigenvalue weighted by molar-refractivity contribution is 9.10. The average molecular weight is 343 g/mol. The fraction of sp³-hybridized carbons (Fsp3) is 0.0833. The summed E-state index contributed by atoms with van der Waals surface area (Å²) in [6, 6.07) is 3.92. The SMILES string of the molecule is COC(=O)c1n[nH]c(=O)c(-c2ccc(Br)cc2F)c1O. The normalized spacial score (nSPS) is 10.3. The van der Waals surface area contributed by atoms with Gasteiger partial charge < -0.3 is 9.84 Å². The van der Waals surface area contributed by atoms with E-state index < -0.39 is 28.8 Å². The second-order valence-corrected chi connectivity index (χ2v) is 4.66. The molecule has 0 unspecified atom stereocenters. The molecule has 6 nitrogen and oxygen atoms in total. The standard InChI is InChI=1S/C12H8BrFN2O4/c1-20-12(19)9-10(17)8(11(18)16-15-9)6-3-2-5(13)4-7(6)14/h2-4H,1H3,(H2,16,17,18). The Morgan fingerprint density at radius 3 is 2.80 bits per heavy atom. The van der Waals surface area contributed by atoms with Crippen molar-refractivity contribution in [3.63, 3.8) is 0 Å². The number of rotatable bonds is 2. The van der Waals surface area contributed by atoms with Crippen LogP contribution in [0.3, 0.4) is 0 Å². The molecule has 0 saturated heterocycles. The highest BCUT2D eigenvalue weighted by Crippen LogP contribution is 2.30. The zero-order chi connectivity index (χ0) is 14.9. The van der Waals surface area contributed by atoms with Gasteiger partial charge in [-0.2, -0.15) is 5.10 Å². The number of nitrogens with zero attached hydrogens (tertiary/aromatic N) is 1. The lowest BCUT2D eigenvalue weighted by Gasteiger charge is -2.07. The third kappa shape index (κ3) is 2.42. The van der Waals surface area contributed by atoms with Gasteiger partial charge in [0.25, 0.3) is 5.56 Å². The highest BCUT2D eigenvalue weighted by atomic mass is 79.9. The molecule has 0 aliphatic rings. The first-order chi connectivity index (χ1) is 9.45. The van der Waals surface area contributed by atoms with Crippen LogP contribution in [-0.2, 0) is 4.74 Å². The first-order valence-electron chi connectivity index (χ1n) is 5.31. The molecule has 0 amide bonds. The number of hydrogen-bond donors (Lipinski definition) is 2. The first kappa shape index (κ1) is 14.2. The molecule has 104 valence electrons. The van der Waals surface area contributed by atoms with Crippen LogP contribution in [0.1, 0.15) is 10.5 Å². The number of H-pyrrole nitrogens is 1. The van der Waals surface area contributed by atoms with Crippen LogP contribution in [0.25, 0.3) is 11.1 Å². The zero-order valence-corrected chi connectivity index (χ0v) is 11.7. The molecule has 0 saturated carbocycles. The summed E-state index contributed by atoms with van der Waals surface area (Å²) in [6.07, 6.45) is 0. The van der Waals surface area contributed by atoms with Crippen LogP contribution in [0, 0.1) is 5.82 Å². The molecule has 0 bridgehead atoms. The van der Waals surface area contributed by atoms with Crippen LogP contribution in [0.4, 0.5) is 4.39 Å². The van der Waals surface area contributed by atoms with E-state index in [0.29, 0.717) is 4.47 Å². The number of esters is 1. The van der Waals surface area contributed by atoms with Gasteiger partial charge in [-0.3, -0.25) is 4.79 Å². The van der Waals surface area contributed by atoms with Gasteiger partial charge in [-0.1, -0.05) is 15.9 Å². The van der Waals surface area contributed by atoms with E-state index in [1.807, 2.05) is 5.10 Å². The number of nitrogens with one attached hydrogen (secondary N) is 1. The van der Waals surface area contributed by atoms with Crippen molar-refractivity contribution in [1.29, 1.82) is 0 Å². The van der Waals surface area contributed by atoms with Gasteiger partial charge in [0.15, 0.2) is 5.75 Å². The maximum atomic E-state index is 13.9. The highest BCUT2D eigenvalue weighted by Gasteiger charge is 2.22. The topological polar surface area (TPSA) is 92.3 Å². The van der Waals surface area contributed by atoms with Gasteiger partial charge in [0, 0.05) is 10.0 Å². The minimum atomic E-state index is -0.947. The quantitative estimate of drug-likeness (QED) is 0.812. The number of hydrogen-bond acceptors (Lipinski definition) is 5. The van der Waals surface area contributed by atoms with Crippen LogP contribution >= 0.6 is 15.9 Å². The van der Waals surface area contributed by atoms with E-state index >= 15 is 0 Å². The van der Waals surface area contributed by atoms with Gasteiger partial charge in [-0.25, -0.2) is 14.3 Å². The Morgan fingerprint density at radius 2 is 2.20 bits per heavy atom. The number of carbonyl (C=O) groups is 1. The Morgan fingerprint density at radius 1 is 1.50 bits per heavy atom.